The summed E-state index contributed by atoms with van der Waals surface area (Å²) < 4.78 is 5.50. The lowest BCUT2D eigenvalue weighted by Crippen LogP contribution is -2.42. The number of ketones is 1. The van der Waals surface area contributed by atoms with Gasteiger partial charge in [-0.1, -0.05) is 38.5 Å². The number of hydrogen-bond donors (Lipinski definition) is 1. The van der Waals surface area contributed by atoms with E-state index in [0.29, 0.717) is 11.7 Å². The first kappa shape index (κ1) is 19.3. The van der Waals surface area contributed by atoms with E-state index in [4.69, 9.17) is 4.74 Å². The number of benzene rings is 1. The third kappa shape index (κ3) is 4.42. The molecule has 3 nitrogen and oxygen atoms in total. The van der Waals surface area contributed by atoms with Crippen molar-refractivity contribution in [2.75, 3.05) is 12.4 Å². The van der Waals surface area contributed by atoms with Crippen molar-refractivity contribution < 1.29 is 9.53 Å². The molecule has 2 fully saturated rings. The van der Waals surface area contributed by atoms with Gasteiger partial charge in [-0.25, -0.2) is 0 Å². The number of rotatable bonds is 6. The third-order valence-corrected chi connectivity index (χ3v) is 6.42. The molecule has 0 aromatic heterocycles. The molecule has 1 N–H and O–H groups in total. The van der Waals surface area contributed by atoms with Crippen molar-refractivity contribution in [2.45, 2.75) is 84.1 Å². The lowest BCUT2D eigenvalue weighted by Gasteiger charge is -2.34. The lowest BCUT2D eigenvalue weighted by atomic mass is 9.76. The molecule has 0 radical (unpaired) electrons. The van der Waals surface area contributed by atoms with Gasteiger partial charge in [0.2, 0.25) is 0 Å². The fourth-order valence-electron chi connectivity index (χ4n) is 5.06. The summed E-state index contributed by atoms with van der Waals surface area (Å²) in [6, 6.07) is 4.25. The van der Waals surface area contributed by atoms with Gasteiger partial charge < -0.3 is 10.1 Å². The SMILES string of the molecule is COc1c(C)cc(N[C@@H](C(=O)C2CCCCC2)C2CCCCC2)cc1C. The van der Waals surface area contributed by atoms with Crippen LogP contribution >= 0.6 is 0 Å². The largest absolute Gasteiger partial charge is 0.496 e. The fraction of sp³-hybridized carbons (Fsp3) is 0.696. The molecule has 144 valence electrons. The van der Waals surface area contributed by atoms with Gasteiger partial charge in [0.25, 0.3) is 0 Å². The molecule has 1 aromatic rings. The zero-order chi connectivity index (χ0) is 18.5. The van der Waals surface area contributed by atoms with Crippen LogP contribution in [-0.2, 0) is 4.79 Å². The molecule has 0 unspecified atom stereocenters. The van der Waals surface area contributed by atoms with E-state index in [0.717, 1.165) is 35.4 Å². The topological polar surface area (TPSA) is 38.3 Å². The maximum absolute atomic E-state index is 13.4. The molecule has 0 saturated heterocycles. The van der Waals surface area contributed by atoms with E-state index >= 15 is 0 Å². The number of carbonyl (C=O) groups is 1. The molecule has 26 heavy (non-hydrogen) atoms. The Morgan fingerprint density at radius 2 is 1.50 bits per heavy atom. The maximum atomic E-state index is 13.4. The van der Waals surface area contributed by atoms with Crippen molar-refractivity contribution >= 4 is 11.5 Å². The van der Waals surface area contributed by atoms with Crippen molar-refractivity contribution in [1.82, 2.24) is 0 Å². The fourth-order valence-corrected chi connectivity index (χ4v) is 5.06. The maximum Gasteiger partial charge on any atom is 0.158 e. The summed E-state index contributed by atoms with van der Waals surface area (Å²) in [5, 5.41) is 3.67. The predicted octanol–water partition coefficient (Wildman–Crippen LogP) is 5.82. The van der Waals surface area contributed by atoms with Crippen LogP contribution in [0, 0.1) is 25.7 Å². The molecule has 3 rings (SSSR count). The number of nitrogens with one attached hydrogen (secondary N) is 1. The van der Waals surface area contributed by atoms with Gasteiger partial charge in [-0.2, -0.15) is 0 Å². The molecule has 0 spiro atoms. The summed E-state index contributed by atoms with van der Waals surface area (Å²) in [5.41, 5.74) is 3.32. The smallest absolute Gasteiger partial charge is 0.158 e. The van der Waals surface area contributed by atoms with Crippen molar-refractivity contribution in [3.05, 3.63) is 23.3 Å². The van der Waals surface area contributed by atoms with Crippen LogP contribution in [0.5, 0.6) is 5.75 Å². The van der Waals surface area contributed by atoms with Gasteiger partial charge >= 0.3 is 0 Å². The summed E-state index contributed by atoms with van der Waals surface area (Å²) in [6.45, 7) is 4.16. The van der Waals surface area contributed by atoms with Gasteiger partial charge in [-0.05, 0) is 68.7 Å². The second-order valence-electron chi connectivity index (χ2n) is 8.40. The standard InChI is InChI=1S/C23H35NO2/c1-16-14-20(15-17(2)23(16)26-3)24-21(18-10-6-4-7-11-18)22(25)19-12-8-5-9-13-19/h14-15,18-19,21,24H,4-13H2,1-3H3/t21-/m1/s1. The van der Waals surface area contributed by atoms with E-state index in [1.54, 1.807) is 7.11 Å². The minimum atomic E-state index is -0.0226. The molecule has 2 aliphatic carbocycles. The molecule has 2 aliphatic rings. The van der Waals surface area contributed by atoms with E-state index < -0.39 is 0 Å². The number of Topliss-reactive ketones (excluding diaryl/α,β-unsaturated/α-hetero) is 1. The monoisotopic (exact) mass is 357 g/mol. The quantitative estimate of drug-likeness (QED) is 0.697. The van der Waals surface area contributed by atoms with E-state index in [-0.39, 0.29) is 12.0 Å². The first-order valence-electron chi connectivity index (χ1n) is 10.6. The Kier molecular flexibility index (Phi) is 6.61. The van der Waals surface area contributed by atoms with Crippen LogP contribution in [0.1, 0.15) is 75.3 Å². The summed E-state index contributed by atoms with van der Waals surface area (Å²) >= 11 is 0. The average Bonchev–Trinajstić information content (AvgIpc) is 2.67. The van der Waals surface area contributed by atoms with Crippen molar-refractivity contribution in [1.29, 1.82) is 0 Å². The highest BCUT2D eigenvalue weighted by Gasteiger charge is 2.34. The number of hydrogen-bond acceptors (Lipinski definition) is 3. The highest BCUT2D eigenvalue weighted by Crippen LogP contribution is 2.34. The Morgan fingerprint density at radius 3 is 2.04 bits per heavy atom. The van der Waals surface area contributed by atoms with Gasteiger partial charge in [0.15, 0.2) is 5.78 Å². The van der Waals surface area contributed by atoms with Crippen LogP contribution in [0.2, 0.25) is 0 Å². The molecule has 3 heteroatoms. The molecule has 0 heterocycles. The predicted molar refractivity (Wildman–Crippen MR) is 108 cm³/mol. The Balaban J connectivity index is 1.82. The van der Waals surface area contributed by atoms with Crippen LogP contribution in [0.15, 0.2) is 12.1 Å². The van der Waals surface area contributed by atoms with Gasteiger partial charge in [-0.15, -0.1) is 0 Å². The van der Waals surface area contributed by atoms with Crippen molar-refractivity contribution in [3.8, 4) is 5.75 Å². The first-order valence-corrected chi connectivity index (χ1v) is 10.6. The summed E-state index contributed by atoms with van der Waals surface area (Å²) in [6.07, 6.45) is 12.1. The number of ether oxygens (including phenoxy) is 1. The molecular weight excluding hydrogens is 322 g/mol. The van der Waals surface area contributed by atoms with E-state index in [1.165, 1.54) is 51.4 Å². The summed E-state index contributed by atoms with van der Waals surface area (Å²) in [5.74, 6) is 2.18. The lowest BCUT2D eigenvalue weighted by molar-refractivity contribution is -0.125. The summed E-state index contributed by atoms with van der Waals surface area (Å²) in [4.78, 5) is 13.4. The van der Waals surface area contributed by atoms with Gasteiger partial charge in [0, 0.05) is 11.6 Å². The zero-order valence-corrected chi connectivity index (χ0v) is 16.8. The number of anilines is 1. The van der Waals surface area contributed by atoms with E-state index in [9.17, 15) is 4.79 Å². The highest BCUT2D eigenvalue weighted by atomic mass is 16.5. The number of methoxy groups -OCH3 is 1. The minimum Gasteiger partial charge on any atom is -0.496 e. The average molecular weight is 358 g/mol. The number of carbonyl (C=O) groups excluding carboxylic acids is 1. The molecule has 0 bridgehead atoms. The number of aryl methyl sites for hydroxylation is 2. The van der Waals surface area contributed by atoms with Gasteiger partial charge in [-0.3, -0.25) is 4.79 Å². The van der Waals surface area contributed by atoms with Crippen LogP contribution in [0.3, 0.4) is 0 Å². The van der Waals surface area contributed by atoms with Crippen LogP contribution < -0.4 is 10.1 Å². The highest BCUT2D eigenvalue weighted by molar-refractivity contribution is 5.89. The third-order valence-electron chi connectivity index (χ3n) is 6.42. The van der Waals surface area contributed by atoms with Gasteiger partial charge in [0.1, 0.15) is 5.75 Å². The molecule has 1 atom stereocenters. The normalized spacial score (nSPS) is 20.6. The Morgan fingerprint density at radius 1 is 0.962 bits per heavy atom. The van der Waals surface area contributed by atoms with E-state index in [2.05, 4.69) is 31.3 Å². The summed E-state index contributed by atoms with van der Waals surface area (Å²) in [7, 11) is 1.72. The Bertz CT molecular complexity index is 590. The molecule has 1 aromatic carbocycles. The second kappa shape index (κ2) is 8.92. The molecular formula is C23H35NO2. The zero-order valence-electron chi connectivity index (χ0n) is 16.8. The Hall–Kier alpha value is -1.51. The second-order valence-corrected chi connectivity index (χ2v) is 8.40. The van der Waals surface area contributed by atoms with Crippen LogP contribution in [0.4, 0.5) is 5.69 Å². The Labute approximate surface area is 158 Å². The minimum absolute atomic E-state index is 0.0226. The van der Waals surface area contributed by atoms with Crippen molar-refractivity contribution in [3.63, 3.8) is 0 Å². The van der Waals surface area contributed by atoms with Gasteiger partial charge in [0.05, 0.1) is 13.2 Å². The van der Waals surface area contributed by atoms with Crippen LogP contribution in [0.25, 0.3) is 0 Å². The first-order chi connectivity index (χ1) is 12.6. The molecule has 2 saturated carbocycles. The van der Waals surface area contributed by atoms with Crippen molar-refractivity contribution in [2.24, 2.45) is 11.8 Å². The molecule has 0 amide bonds. The van der Waals surface area contributed by atoms with Crippen LogP contribution in [-0.4, -0.2) is 18.9 Å². The van der Waals surface area contributed by atoms with E-state index in [1.807, 2.05) is 0 Å². The molecule has 0 aliphatic heterocycles.